The maximum Gasteiger partial charge on any atom is 0.257 e. The van der Waals surface area contributed by atoms with E-state index >= 15 is 0 Å². The van der Waals surface area contributed by atoms with Gasteiger partial charge in [0.15, 0.2) is 0 Å². The van der Waals surface area contributed by atoms with Crippen LogP contribution in [0.4, 0.5) is 5.82 Å². The number of rotatable bonds is 5. The van der Waals surface area contributed by atoms with Crippen molar-refractivity contribution < 1.29 is 0 Å². The number of fused-ring (bicyclic) bond motifs is 1. The fraction of sp³-hybridized carbons (Fsp3) is 0.438. The molecule has 0 aliphatic rings. The summed E-state index contributed by atoms with van der Waals surface area (Å²) in [6.45, 7) is 8.61. The Bertz CT molecular complexity index is 645. The van der Waals surface area contributed by atoms with Gasteiger partial charge in [0.25, 0.3) is 5.56 Å². The molecule has 1 aromatic carbocycles. The zero-order valence-electron chi connectivity index (χ0n) is 12.4. The number of aromatic amines is 1. The van der Waals surface area contributed by atoms with E-state index in [1.54, 1.807) is 0 Å². The lowest BCUT2D eigenvalue weighted by molar-refractivity contribution is 0.379. The number of pyridine rings is 1. The first-order valence-electron chi connectivity index (χ1n) is 7.04. The number of nitrogens with one attached hydrogen (secondary N) is 1. The molecule has 0 spiro atoms. The van der Waals surface area contributed by atoms with Crippen LogP contribution in [0.15, 0.2) is 35.1 Å². The molecule has 0 bridgehead atoms. The third-order valence-electron chi connectivity index (χ3n) is 3.63. The molecular formula is C16H23N3O. The zero-order chi connectivity index (χ0) is 14.8. The first kappa shape index (κ1) is 14.6. The molecule has 4 nitrogen and oxygen atoms in total. The van der Waals surface area contributed by atoms with Crippen LogP contribution >= 0.6 is 0 Å². The highest BCUT2D eigenvalue weighted by Gasteiger charge is 2.20. The van der Waals surface area contributed by atoms with Crippen LogP contribution in [0.5, 0.6) is 0 Å². The standard InChI is InChI=1S/C16H23N3O/c1-4-19(11-16(2,3)10-17)14-9-12-7-5-6-8-13(12)15(20)18-14/h5-9H,4,10-11,17H2,1-3H3,(H,18,20). The quantitative estimate of drug-likeness (QED) is 0.879. The van der Waals surface area contributed by atoms with Crippen LogP contribution in [0.3, 0.4) is 0 Å². The molecule has 20 heavy (non-hydrogen) atoms. The van der Waals surface area contributed by atoms with Crippen LogP contribution in [-0.2, 0) is 0 Å². The smallest absolute Gasteiger partial charge is 0.257 e. The van der Waals surface area contributed by atoms with E-state index in [1.807, 2.05) is 30.3 Å². The van der Waals surface area contributed by atoms with Crippen LogP contribution in [-0.4, -0.2) is 24.6 Å². The van der Waals surface area contributed by atoms with E-state index < -0.39 is 0 Å². The van der Waals surface area contributed by atoms with Gasteiger partial charge >= 0.3 is 0 Å². The third kappa shape index (κ3) is 3.02. The fourth-order valence-electron chi connectivity index (χ4n) is 2.32. The molecule has 2 rings (SSSR count). The molecule has 108 valence electrons. The SMILES string of the molecule is CCN(CC(C)(C)CN)c1cc2ccccc2c(=O)[nH]1. The van der Waals surface area contributed by atoms with E-state index in [-0.39, 0.29) is 11.0 Å². The van der Waals surface area contributed by atoms with Crippen molar-refractivity contribution in [3.63, 3.8) is 0 Å². The van der Waals surface area contributed by atoms with Crippen LogP contribution in [0.2, 0.25) is 0 Å². The van der Waals surface area contributed by atoms with E-state index in [1.165, 1.54) is 0 Å². The molecule has 0 radical (unpaired) electrons. The highest BCUT2D eigenvalue weighted by molar-refractivity contribution is 5.83. The largest absolute Gasteiger partial charge is 0.358 e. The molecule has 0 saturated heterocycles. The highest BCUT2D eigenvalue weighted by atomic mass is 16.1. The predicted octanol–water partition coefficient (Wildman–Crippen LogP) is 2.34. The second kappa shape index (κ2) is 5.67. The molecule has 0 amide bonds. The van der Waals surface area contributed by atoms with Crippen molar-refractivity contribution in [3.05, 3.63) is 40.7 Å². The van der Waals surface area contributed by atoms with Gasteiger partial charge in [0, 0.05) is 18.5 Å². The van der Waals surface area contributed by atoms with Crippen molar-refractivity contribution in [1.82, 2.24) is 4.98 Å². The minimum Gasteiger partial charge on any atom is -0.358 e. The summed E-state index contributed by atoms with van der Waals surface area (Å²) < 4.78 is 0. The molecule has 0 unspecified atom stereocenters. The van der Waals surface area contributed by atoms with Gasteiger partial charge in [-0.15, -0.1) is 0 Å². The van der Waals surface area contributed by atoms with Crippen molar-refractivity contribution in [2.24, 2.45) is 11.1 Å². The third-order valence-corrected chi connectivity index (χ3v) is 3.63. The van der Waals surface area contributed by atoms with E-state index in [4.69, 9.17) is 5.73 Å². The molecule has 0 atom stereocenters. The molecule has 2 aromatic rings. The number of nitrogens with two attached hydrogens (primary N) is 1. The van der Waals surface area contributed by atoms with Gasteiger partial charge in [0.2, 0.25) is 0 Å². The van der Waals surface area contributed by atoms with Crippen molar-refractivity contribution in [2.45, 2.75) is 20.8 Å². The second-order valence-electron chi connectivity index (χ2n) is 5.95. The summed E-state index contributed by atoms with van der Waals surface area (Å²) >= 11 is 0. The number of benzene rings is 1. The van der Waals surface area contributed by atoms with Crippen molar-refractivity contribution in [1.29, 1.82) is 0 Å². The Morgan fingerprint density at radius 1 is 1.30 bits per heavy atom. The Kier molecular flexibility index (Phi) is 4.14. The fourth-order valence-corrected chi connectivity index (χ4v) is 2.32. The molecule has 1 aromatic heterocycles. The van der Waals surface area contributed by atoms with E-state index in [0.717, 1.165) is 29.7 Å². The minimum absolute atomic E-state index is 0.0124. The molecule has 0 aliphatic heterocycles. The maximum atomic E-state index is 12.1. The zero-order valence-corrected chi connectivity index (χ0v) is 12.4. The normalized spacial score (nSPS) is 11.8. The summed E-state index contributed by atoms with van der Waals surface area (Å²) in [6.07, 6.45) is 0. The molecule has 0 aliphatic carbocycles. The van der Waals surface area contributed by atoms with Crippen molar-refractivity contribution in [2.75, 3.05) is 24.5 Å². The van der Waals surface area contributed by atoms with Gasteiger partial charge in [-0.2, -0.15) is 0 Å². The lowest BCUT2D eigenvalue weighted by Gasteiger charge is -2.32. The first-order valence-corrected chi connectivity index (χ1v) is 7.04. The van der Waals surface area contributed by atoms with Crippen molar-refractivity contribution >= 4 is 16.6 Å². The summed E-state index contributed by atoms with van der Waals surface area (Å²) in [5.74, 6) is 0.859. The number of hydrogen-bond acceptors (Lipinski definition) is 3. The Hall–Kier alpha value is -1.81. The van der Waals surface area contributed by atoms with Crippen molar-refractivity contribution in [3.8, 4) is 0 Å². The number of anilines is 1. The summed E-state index contributed by atoms with van der Waals surface area (Å²) in [6, 6.07) is 9.68. The van der Waals surface area contributed by atoms with Gasteiger partial charge in [0.1, 0.15) is 5.82 Å². The summed E-state index contributed by atoms with van der Waals surface area (Å²) in [4.78, 5) is 17.3. The van der Waals surface area contributed by atoms with Gasteiger partial charge in [-0.05, 0) is 36.4 Å². The van der Waals surface area contributed by atoms with Crippen LogP contribution < -0.4 is 16.2 Å². The van der Waals surface area contributed by atoms with Gasteiger partial charge in [-0.3, -0.25) is 4.79 Å². The number of nitrogens with zero attached hydrogens (tertiary/aromatic N) is 1. The summed E-state index contributed by atoms with van der Waals surface area (Å²) in [5, 5.41) is 1.70. The minimum atomic E-state index is -0.0397. The second-order valence-corrected chi connectivity index (χ2v) is 5.95. The monoisotopic (exact) mass is 273 g/mol. The van der Waals surface area contributed by atoms with Crippen LogP contribution in [0.25, 0.3) is 10.8 Å². The van der Waals surface area contributed by atoms with Crippen LogP contribution in [0.1, 0.15) is 20.8 Å². The van der Waals surface area contributed by atoms with Gasteiger partial charge < -0.3 is 15.6 Å². The maximum absolute atomic E-state index is 12.1. The van der Waals surface area contributed by atoms with Gasteiger partial charge in [-0.25, -0.2) is 0 Å². The topological polar surface area (TPSA) is 62.1 Å². The first-order chi connectivity index (χ1) is 9.46. The van der Waals surface area contributed by atoms with E-state index in [2.05, 4.69) is 30.7 Å². The number of H-pyrrole nitrogens is 1. The van der Waals surface area contributed by atoms with E-state index in [0.29, 0.717) is 6.54 Å². The Morgan fingerprint density at radius 3 is 2.65 bits per heavy atom. The van der Waals surface area contributed by atoms with Gasteiger partial charge in [-0.1, -0.05) is 32.0 Å². The molecule has 4 heteroatoms. The average molecular weight is 273 g/mol. The van der Waals surface area contributed by atoms with Crippen LogP contribution in [0, 0.1) is 5.41 Å². The molecule has 0 saturated carbocycles. The molecular weight excluding hydrogens is 250 g/mol. The average Bonchev–Trinajstić information content (AvgIpc) is 2.45. The lowest BCUT2D eigenvalue weighted by Crippen LogP contribution is -2.39. The summed E-state index contributed by atoms with van der Waals surface area (Å²) in [7, 11) is 0. The Balaban J connectivity index is 2.42. The summed E-state index contributed by atoms with van der Waals surface area (Å²) in [5.41, 5.74) is 5.78. The molecule has 3 N–H and O–H groups in total. The van der Waals surface area contributed by atoms with Gasteiger partial charge in [0.05, 0.1) is 0 Å². The molecule has 0 fully saturated rings. The Morgan fingerprint density at radius 2 is 2.00 bits per heavy atom. The lowest BCUT2D eigenvalue weighted by atomic mass is 9.93. The number of aromatic nitrogens is 1. The molecule has 1 heterocycles. The van der Waals surface area contributed by atoms with E-state index in [9.17, 15) is 4.79 Å². The predicted molar refractivity (Wildman–Crippen MR) is 85.3 cm³/mol. The number of hydrogen-bond donors (Lipinski definition) is 2. The Labute approximate surface area is 119 Å². The highest BCUT2D eigenvalue weighted by Crippen LogP contribution is 2.21.